The first-order valence-corrected chi connectivity index (χ1v) is 7.79. The molecule has 2 amide bonds. The zero-order valence-electron chi connectivity index (χ0n) is 13.4. The monoisotopic (exact) mass is 355 g/mol. The summed E-state index contributed by atoms with van der Waals surface area (Å²) in [7, 11) is 0. The summed E-state index contributed by atoms with van der Waals surface area (Å²) in [4.78, 5) is 28.5. The topological polar surface area (TPSA) is 75.4 Å². The Morgan fingerprint density at radius 1 is 1.28 bits per heavy atom. The number of carbonyl (C=O) groups excluding carboxylic acids is 2. The van der Waals surface area contributed by atoms with Crippen LogP contribution in [0, 0.1) is 12.8 Å². The van der Waals surface area contributed by atoms with Crippen molar-refractivity contribution in [2.75, 3.05) is 18.4 Å². The van der Waals surface area contributed by atoms with Crippen LogP contribution in [0.5, 0.6) is 0 Å². The van der Waals surface area contributed by atoms with Gasteiger partial charge in [0.1, 0.15) is 5.52 Å². The van der Waals surface area contributed by atoms with Crippen molar-refractivity contribution in [1.29, 1.82) is 0 Å². The molecule has 25 heavy (non-hydrogen) atoms. The Morgan fingerprint density at radius 3 is 2.60 bits per heavy atom. The number of rotatable bonds is 2. The quantitative estimate of drug-likeness (QED) is 0.899. The Morgan fingerprint density at radius 2 is 1.96 bits per heavy atom. The van der Waals surface area contributed by atoms with Crippen LogP contribution < -0.4 is 5.32 Å². The average Bonchev–Trinajstić information content (AvgIpc) is 2.95. The Labute approximate surface area is 141 Å². The number of alkyl halides is 3. The van der Waals surface area contributed by atoms with Gasteiger partial charge in [-0.15, -0.1) is 0 Å². The van der Waals surface area contributed by atoms with Crippen LogP contribution >= 0.6 is 0 Å². The van der Waals surface area contributed by atoms with Gasteiger partial charge in [-0.25, -0.2) is 4.98 Å². The number of hydrogen-bond donors (Lipinski definition) is 1. The predicted octanol–water partition coefficient (Wildman–Crippen LogP) is 2.88. The maximum Gasteiger partial charge on any atom is 0.471 e. The number of hydrogen-bond acceptors (Lipinski definition) is 4. The Balaban J connectivity index is 1.64. The third kappa shape index (κ3) is 3.59. The van der Waals surface area contributed by atoms with E-state index in [1.807, 2.05) is 0 Å². The molecule has 3 rings (SSSR count). The number of aromatic nitrogens is 1. The molecule has 0 bridgehead atoms. The van der Waals surface area contributed by atoms with Gasteiger partial charge in [-0.2, -0.15) is 13.2 Å². The number of nitrogens with one attached hydrogen (secondary N) is 1. The van der Waals surface area contributed by atoms with Crippen molar-refractivity contribution in [1.82, 2.24) is 9.88 Å². The first kappa shape index (κ1) is 17.2. The molecule has 0 radical (unpaired) electrons. The van der Waals surface area contributed by atoms with Crippen LogP contribution in [0.4, 0.5) is 18.9 Å². The second kappa shape index (κ2) is 6.38. The number of likely N-dealkylation sites (tertiary alicyclic amines) is 1. The molecule has 134 valence electrons. The highest BCUT2D eigenvalue weighted by atomic mass is 19.4. The Kier molecular flexibility index (Phi) is 4.40. The van der Waals surface area contributed by atoms with Crippen molar-refractivity contribution in [3.8, 4) is 0 Å². The molecule has 0 spiro atoms. The maximum atomic E-state index is 12.4. The van der Waals surface area contributed by atoms with Crippen LogP contribution in [0.25, 0.3) is 11.1 Å². The van der Waals surface area contributed by atoms with Crippen molar-refractivity contribution >= 4 is 28.6 Å². The van der Waals surface area contributed by atoms with Crippen LogP contribution in [0.1, 0.15) is 18.7 Å². The normalized spacial score (nSPS) is 16.2. The summed E-state index contributed by atoms with van der Waals surface area (Å²) >= 11 is 0. The van der Waals surface area contributed by atoms with Gasteiger partial charge in [0.05, 0.1) is 5.69 Å². The van der Waals surface area contributed by atoms with Crippen LogP contribution in [0.2, 0.25) is 0 Å². The van der Waals surface area contributed by atoms with E-state index in [1.165, 1.54) is 0 Å². The highest BCUT2D eigenvalue weighted by Gasteiger charge is 2.43. The summed E-state index contributed by atoms with van der Waals surface area (Å²) in [6.07, 6.45) is -4.52. The van der Waals surface area contributed by atoms with E-state index in [4.69, 9.17) is 4.42 Å². The van der Waals surface area contributed by atoms with Gasteiger partial charge in [0.2, 0.25) is 5.91 Å². The molecular formula is C16H16F3N3O3. The van der Waals surface area contributed by atoms with Crippen molar-refractivity contribution in [3.63, 3.8) is 0 Å². The van der Waals surface area contributed by atoms with E-state index in [2.05, 4.69) is 10.3 Å². The highest BCUT2D eigenvalue weighted by Crippen LogP contribution is 2.27. The summed E-state index contributed by atoms with van der Waals surface area (Å²) in [5.74, 6) is -2.15. The molecule has 1 aliphatic rings. The minimum atomic E-state index is -4.88. The number of fused-ring (bicyclic) bond motifs is 1. The van der Waals surface area contributed by atoms with Crippen molar-refractivity contribution in [2.45, 2.75) is 25.9 Å². The van der Waals surface area contributed by atoms with Crippen molar-refractivity contribution in [3.05, 3.63) is 24.1 Å². The van der Waals surface area contributed by atoms with Gasteiger partial charge in [0.15, 0.2) is 11.5 Å². The molecule has 1 aromatic heterocycles. The van der Waals surface area contributed by atoms with Gasteiger partial charge in [0.25, 0.3) is 0 Å². The lowest BCUT2D eigenvalue weighted by atomic mass is 9.95. The number of carbonyl (C=O) groups is 2. The van der Waals surface area contributed by atoms with Gasteiger partial charge in [-0.3, -0.25) is 9.59 Å². The van der Waals surface area contributed by atoms with Gasteiger partial charge >= 0.3 is 12.1 Å². The Bertz CT molecular complexity index is 808. The van der Waals surface area contributed by atoms with E-state index < -0.39 is 18.0 Å². The standard InChI is InChI=1S/C16H16F3N3O3/c1-9-20-11-3-2-4-12(13(11)25-9)21-14(23)10-5-7-22(8-6-10)15(24)16(17,18)19/h2-4,10H,5-8H2,1H3,(H,21,23). The molecule has 0 saturated carbocycles. The van der Waals surface area contributed by atoms with E-state index in [1.54, 1.807) is 25.1 Å². The molecule has 1 N–H and O–H groups in total. The van der Waals surface area contributed by atoms with E-state index >= 15 is 0 Å². The fraction of sp³-hybridized carbons (Fsp3) is 0.438. The number of benzene rings is 1. The van der Waals surface area contributed by atoms with Gasteiger partial charge in [0, 0.05) is 25.9 Å². The number of amides is 2. The van der Waals surface area contributed by atoms with E-state index in [9.17, 15) is 22.8 Å². The summed E-state index contributed by atoms with van der Waals surface area (Å²) in [6.45, 7) is 1.50. The number of piperidine rings is 1. The fourth-order valence-electron chi connectivity index (χ4n) is 2.92. The number of oxazole rings is 1. The molecule has 1 aliphatic heterocycles. The number of para-hydroxylation sites is 1. The molecule has 1 fully saturated rings. The van der Waals surface area contributed by atoms with Crippen LogP contribution in [0.3, 0.4) is 0 Å². The summed E-state index contributed by atoms with van der Waals surface area (Å²) in [5, 5.41) is 2.74. The summed E-state index contributed by atoms with van der Waals surface area (Å²) < 4.78 is 42.8. The summed E-state index contributed by atoms with van der Waals surface area (Å²) in [6, 6.07) is 5.15. The molecule has 1 aromatic carbocycles. The SMILES string of the molecule is Cc1nc2cccc(NC(=O)C3CCN(C(=O)C(F)(F)F)CC3)c2o1. The van der Waals surface area contributed by atoms with E-state index in [0.717, 1.165) is 4.90 Å². The van der Waals surface area contributed by atoms with E-state index in [0.29, 0.717) is 22.7 Å². The Hall–Kier alpha value is -2.58. The minimum absolute atomic E-state index is 0.0952. The lowest BCUT2D eigenvalue weighted by Crippen LogP contribution is -2.46. The van der Waals surface area contributed by atoms with Crippen LogP contribution in [0.15, 0.2) is 22.6 Å². The molecule has 6 nitrogen and oxygen atoms in total. The lowest BCUT2D eigenvalue weighted by Gasteiger charge is -2.31. The molecule has 1 saturated heterocycles. The average molecular weight is 355 g/mol. The molecular weight excluding hydrogens is 339 g/mol. The van der Waals surface area contributed by atoms with Crippen molar-refractivity contribution in [2.24, 2.45) is 5.92 Å². The minimum Gasteiger partial charge on any atom is -0.439 e. The number of halogens is 3. The van der Waals surface area contributed by atoms with Gasteiger partial charge in [-0.05, 0) is 25.0 Å². The van der Waals surface area contributed by atoms with Crippen LogP contribution in [-0.2, 0) is 9.59 Å². The summed E-state index contributed by atoms with van der Waals surface area (Å²) in [5.41, 5.74) is 1.54. The highest BCUT2D eigenvalue weighted by molar-refractivity contribution is 5.99. The fourth-order valence-corrected chi connectivity index (χ4v) is 2.92. The molecule has 2 aromatic rings. The lowest BCUT2D eigenvalue weighted by molar-refractivity contribution is -0.186. The molecule has 9 heteroatoms. The van der Waals surface area contributed by atoms with Crippen LogP contribution in [-0.4, -0.2) is 41.0 Å². The first-order chi connectivity index (χ1) is 11.8. The van der Waals surface area contributed by atoms with Gasteiger partial charge in [-0.1, -0.05) is 6.07 Å². The number of nitrogens with zero attached hydrogens (tertiary/aromatic N) is 2. The number of anilines is 1. The largest absolute Gasteiger partial charge is 0.471 e. The second-order valence-electron chi connectivity index (χ2n) is 5.94. The number of aryl methyl sites for hydroxylation is 1. The zero-order chi connectivity index (χ0) is 18.2. The van der Waals surface area contributed by atoms with Crippen molar-refractivity contribution < 1.29 is 27.2 Å². The first-order valence-electron chi connectivity index (χ1n) is 7.79. The predicted molar refractivity (Wildman–Crippen MR) is 82.7 cm³/mol. The molecule has 0 atom stereocenters. The smallest absolute Gasteiger partial charge is 0.439 e. The second-order valence-corrected chi connectivity index (χ2v) is 5.94. The maximum absolute atomic E-state index is 12.4. The zero-order valence-corrected chi connectivity index (χ0v) is 13.4. The molecule has 0 aliphatic carbocycles. The van der Waals surface area contributed by atoms with Gasteiger partial charge < -0.3 is 14.6 Å². The molecule has 2 heterocycles. The molecule has 0 unspecified atom stereocenters. The third-order valence-electron chi connectivity index (χ3n) is 4.18. The van der Waals surface area contributed by atoms with E-state index in [-0.39, 0.29) is 31.8 Å². The third-order valence-corrected chi connectivity index (χ3v) is 4.18.